The van der Waals surface area contributed by atoms with Gasteiger partial charge in [0.1, 0.15) is 11.5 Å². The molecule has 0 radical (unpaired) electrons. The maximum absolute atomic E-state index is 8.87. The molecule has 1 rings (SSSR count). The third kappa shape index (κ3) is 1.29. The zero-order valence-corrected chi connectivity index (χ0v) is 6.72. The van der Waals surface area contributed by atoms with Gasteiger partial charge < -0.3 is 14.6 Å². The van der Waals surface area contributed by atoms with E-state index < -0.39 is 0 Å². The second-order valence-corrected chi connectivity index (χ2v) is 2.49. The lowest BCUT2D eigenvalue weighted by atomic mass is 10.1. The molecular weight excluding hydrogens is 144 g/mol. The quantitative estimate of drug-likeness (QED) is 0.668. The van der Waals surface area contributed by atoms with Gasteiger partial charge in [-0.1, -0.05) is 0 Å². The van der Waals surface area contributed by atoms with E-state index in [1.54, 1.807) is 13.8 Å². The van der Waals surface area contributed by atoms with E-state index in [-0.39, 0.29) is 13.2 Å². The Hall–Kier alpha value is -0.800. The number of aliphatic hydroxyl groups is 2. The minimum absolute atomic E-state index is 0.0704. The van der Waals surface area contributed by atoms with Gasteiger partial charge in [-0.3, -0.25) is 0 Å². The molecule has 0 aliphatic heterocycles. The Morgan fingerprint density at radius 2 is 1.36 bits per heavy atom. The van der Waals surface area contributed by atoms with Crippen LogP contribution >= 0.6 is 0 Å². The number of hydrogen-bond acceptors (Lipinski definition) is 3. The van der Waals surface area contributed by atoms with E-state index in [0.717, 1.165) is 0 Å². The van der Waals surface area contributed by atoms with Crippen LogP contribution in [0.15, 0.2) is 4.42 Å². The van der Waals surface area contributed by atoms with Gasteiger partial charge in [0.15, 0.2) is 0 Å². The zero-order valence-electron chi connectivity index (χ0n) is 6.72. The van der Waals surface area contributed by atoms with Gasteiger partial charge in [0, 0.05) is 11.1 Å². The third-order valence-corrected chi connectivity index (χ3v) is 1.84. The number of aryl methyl sites for hydroxylation is 2. The van der Waals surface area contributed by atoms with Crippen LogP contribution in [-0.2, 0) is 13.2 Å². The Kier molecular flexibility index (Phi) is 2.31. The average molecular weight is 156 g/mol. The van der Waals surface area contributed by atoms with Crippen LogP contribution in [0.3, 0.4) is 0 Å². The van der Waals surface area contributed by atoms with Crippen LogP contribution in [0.25, 0.3) is 0 Å². The van der Waals surface area contributed by atoms with Gasteiger partial charge in [-0.2, -0.15) is 0 Å². The lowest BCUT2D eigenvalue weighted by molar-refractivity contribution is 0.260. The molecule has 0 atom stereocenters. The van der Waals surface area contributed by atoms with Crippen molar-refractivity contribution in [1.29, 1.82) is 0 Å². The summed E-state index contributed by atoms with van der Waals surface area (Å²) in [4.78, 5) is 0. The van der Waals surface area contributed by atoms with Crippen molar-refractivity contribution < 1.29 is 14.6 Å². The lowest BCUT2D eigenvalue weighted by Crippen LogP contribution is -1.91. The number of aliphatic hydroxyl groups excluding tert-OH is 2. The van der Waals surface area contributed by atoms with Crippen molar-refractivity contribution in [2.45, 2.75) is 27.1 Å². The molecule has 0 aromatic carbocycles. The second-order valence-electron chi connectivity index (χ2n) is 2.49. The Balaban J connectivity index is 3.17. The maximum atomic E-state index is 8.87. The van der Waals surface area contributed by atoms with Gasteiger partial charge in [0.25, 0.3) is 0 Å². The average Bonchev–Trinajstić information content (AvgIpc) is 2.24. The summed E-state index contributed by atoms with van der Waals surface area (Å²) in [6.07, 6.45) is 0. The Morgan fingerprint density at radius 1 is 1.00 bits per heavy atom. The van der Waals surface area contributed by atoms with Crippen LogP contribution < -0.4 is 0 Å². The highest BCUT2D eigenvalue weighted by Gasteiger charge is 2.12. The normalized spacial score (nSPS) is 10.5. The minimum atomic E-state index is -0.0704. The fraction of sp³-hybridized carbons (Fsp3) is 0.500. The van der Waals surface area contributed by atoms with E-state index in [4.69, 9.17) is 14.6 Å². The topological polar surface area (TPSA) is 53.6 Å². The van der Waals surface area contributed by atoms with E-state index in [1.165, 1.54) is 0 Å². The molecule has 1 aromatic heterocycles. The first-order valence-electron chi connectivity index (χ1n) is 3.50. The Labute approximate surface area is 65.3 Å². The fourth-order valence-corrected chi connectivity index (χ4v) is 1.19. The van der Waals surface area contributed by atoms with Gasteiger partial charge in [0.05, 0.1) is 13.2 Å². The number of hydrogen-bond donors (Lipinski definition) is 2. The predicted octanol–water partition coefficient (Wildman–Crippen LogP) is 0.881. The molecule has 0 saturated heterocycles. The second kappa shape index (κ2) is 3.07. The molecule has 0 spiro atoms. The largest absolute Gasteiger partial charge is 0.466 e. The maximum Gasteiger partial charge on any atom is 0.106 e. The first kappa shape index (κ1) is 8.30. The molecule has 3 heteroatoms. The predicted molar refractivity (Wildman–Crippen MR) is 40.0 cm³/mol. The first-order chi connectivity index (χ1) is 5.20. The van der Waals surface area contributed by atoms with Crippen LogP contribution in [0, 0.1) is 13.8 Å². The standard InChI is InChI=1S/C8H12O3/c1-5-7(3-9)8(4-10)6(2)11-5/h9-10H,3-4H2,1-2H3. The van der Waals surface area contributed by atoms with Crippen molar-refractivity contribution in [2.75, 3.05) is 0 Å². The summed E-state index contributed by atoms with van der Waals surface area (Å²) in [6.45, 7) is 3.41. The summed E-state index contributed by atoms with van der Waals surface area (Å²) in [7, 11) is 0. The minimum Gasteiger partial charge on any atom is -0.466 e. The van der Waals surface area contributed by atoms with Gasteiger partial charge in [0.2, 0.25) is 0 Å². The van der Waals surface area contributed by atoms with Crippen LogP contribution in [0.5, 0.6) is 0 Å². The molecular formula is C8H12O3. The van der Waals surface area contributed by atoms with Crippen molar-refractivity contribution in [1.82, 2.24) is 0 Å². The highest BCUT2D eigenvalue weighted by Crippen LogP contribution is 2.21. The molecule has 1 aromatic rings. The van der Waals surface area contributed by atoms with Crippen LogP contribution in [-0.4, -0.2) is 10.2 Å². The van der Waals surface area contributed by atoms with Gasteiger partial charge in [-0.05, 0) is 13.8 Å². The van der Waals surface area contributed by atoms with Crippen molar-refractivity contribution in [3.8, 4) is 0 Å². The molecule has 2 N–H and O–H groups in total. The molecule has 1 heterocycles. The Bertz CT molecular complexity index is 226. The molecule has 0 fully saturated rings. The molecule has 0 bridgehead atoms. The lowest BCUT2D eigenvalue weighted by Gasteiger charge is -1.95. The monoisotopic (exact) mass is 156 g/mol. The van der Waals surface area contributed by atoms with Crippen molar-refractivity contribution in [2.24, 2.45) is 0 Å². The summed E-state index contributed by atoms with van der Waals surface area (Å²) < 4.78 is 5.21. The molecule has 0 aliphatic carbocycles. The SMILES string of the molecule is Cc1oc(C)c(CO)c1CO. The van der Waals surface area contributed by atoms with Crippen LogP contribution in [0.4, 0.5) is 0 Å². The highest BCUT2D eigenvalue weighted by molar-refractivity contribution is 5.31. The zero-order chi connectivity index (χ0) is 8.43. The fourth-order valence-electron chi connectivity index (χ4n) is 1.19. The molecule has 0 saturated carbocycles. The summed E-state index contributed by atoms with van der Waals surface area (Å²) >= 11 is 0. The van der Waals surface area contributed by atoms with Crippen LogP contribution in [0.1, 0.15) is 22.6 Å². The number of furan rings is 1. The molecule has 0 aliphatic rings. The third-order valence-electron chi connectivity index (χ3n) is 1.84. The highest BCUT2D eigenvalue weighted by atomic mass is 16.3. The van der Waals surface area contributed by atoms with E-state index >= 15 is 0 Å². The molecule has 0 unspecified atom stereocenters. The molecule has 0 amide bonds. The van der Waals surface area contributed by atoms with Gasteiger partial charge in [-0.15, -0.1) is 0 Å². The van der Waals surface area contributed by atoms with E-state index in [2.05, 4.69) is 0 Å². The molecule has 3 nitrogen and oxygen atoms in total. The van der Waals surface area contributed by atoms with Gasteiger partial charge >= 0.3 is 0 Å². The van der Waals surface area contributed by atoms with E-state index in [0.29, 0.717) is 22.6 Å². The van der Waals surface area contributed by atoms with E-state index in [9.17, 15) is 0 Å². The summed E-state index contributed by atoms with van der Waals surface area (Å²) in [5.41, 5.74) is 1.43. The van der Waals surface area contributed by atoms with Crippen molar-refractivity contribution in [3.63, 3.8) is 0 Å². The molecule has 62 valence electrons. The first-order valence-corrected chi connectivity index (χ1v) is 3.50. The van der Waals surface area contributed by atoms with Crippen LogP contribution in [0.2, 0.25) is 0 Å². The summed E-state index contributed by atoms with van der Waals surface area (Å²) in [5, 5.41) is 17.7. The smallest absolute Gasteiger partial charge is 0.106 e. The summed E-state index contributed by atoms with van der Waals surface area (Å²) in [6, 6.07) is 0. The van der Waals surface area contributed by atoms with Crippen molar-refractivity contribution >= 4 is 0 Å². The van der Waals surface area contributed by atoms with E-state index in [1.807, 2.05) is 0 Å². The summed E-state index contributed by atoms with van der Waals surface area (Å²) in [5.74, 6) is 1.38. The molecule has 11 heavy (non-hydrogen) atoms. The Morgan fingerprint density at radius 3 is 1.64 bits per heavy atom. The van der Waals surface area contributed by atoms with Gasteiger partial charge in [-0.25, -0.2) is 0 Å². The number of rotatable bonds is 2. The van der Waals surface area contributed by atoms with Crippen molar-refractivity contribution in [3.05, 3.63) is 22.6 Å².